The minimum Gasteiger partial charge on any atom is -0.497 e. The van der Waals surface area contributed by atoms with Crippen molar-refractivity contribution in [2.24, 2.45) is 5.92 Å². The highest BCUT2D eigenvalue weighted by Gasteiger charge is 2.27. The van der Waals surface area contributed by atoms with Gasteiger partial charge in [0.15, 0.2) is 0 Å². The molecule has 0 unspecified atom stereocenters. The third-order valence-electron chi connectivity index (χ3n) is 5.68. The molecule has 0 aromatic heterocycles. The van der Waals surface area contributed by atoms with Gasteiger partial charge in [0.2, 0.25) is 21.8 Å². The largest absolute Gasteiger partial charge is 0.497 e. The van der Waals surface area contributed by atoms with Crippen LogP contribution in [0.2, 0.25) is 10.0 Å². The van der Waals surface area contributed by atoms with Gasteiger partial charge in [-0.1, -0.05) is 49.2 Å². The van der Waals surface area contributed by atoms with Crippen molar-refractivity contribution >= 4 is 50.7 Å². The van der Waals surface area contributed by atoms with E-state index in [-0.39, 0.29) is 43.7 Å². The highest BCUT2D eigenvalue weighted by molar-refractivity contribution is 7.92. The lowest BCUT2D eigenvalue weighted by Gasteiger charge is -2.30. The maximum atomic E-state index is 13.4. The van der Waals surface area contributed by atoms with E-state index < -0.39 is 16.1 Å². The molecule has 2 aromatic rings. The summed E-state index contributed by atoms with van der Waals surface area (Å²) in [4.78, 5) is 27.6. The maximum absolute atomic E-state index is 13.4. The molecule has 0 aliphatic carbocycles. The van der Waals surface area contributed by atoms with Gasteiger partial charge in [-0.05, 0) is 49.1 Å². The molecular weight excluding hydrogens is 537 g/mol. The fraction of sp³-hybridized carbons (Fsp3) is 0.462. The van der Waals surface area contributed by atoms with Crippen LogP contribution in [0, 0.1) is 5.92 Å². The minimum atomic E-state index is -3.60. The number of hydrogen-bond donors (Lipinski definition) is 1. The number of hydrogen-bond acceptors (Lipinski definition) is 5. The average molecular weight is 573 g/mol. The standard InChI is InChI=1S/C26H35Cl2N3O5S/c1-18(2)16-29-26(33)19(3)30(17-20-11-12-23(27)24(28)14-20)25(32)10-7-13-31(37(5,34)35)21-8-6-9-22(15-21)36-4/h6,8-9,11-12,14-15,18-19H,7,10,13,16-17H2,1-5H3,(H,29,33)/t19-/m1/s1. The Labute approximate surface area is 229 Å². The second-order valence-corrected chi connectivity index (χ2v) is 11.9. The number of halogens is 2. The molecule has 2 rings (SSSR count). The summed E-state index contributed by atoms with van der Waals surface area (Å²) in [5.74, 6) is 0.235. The second kappa shape index (κ2) is 13.9. The van der Waals surface area contributed by atoms with E-state index >= 15 is 0 Å². The summed E-state index contributed by atoms with van der Waals surface area (Å²) in [6.45, 7) is 6.37. The first-order valence-corrected chi connectivity index (χ1v) is 14.6. The summed E-state index contributed by atoms with van der Waals surface area (Å²) in [5, 5.41) is 3.62. The van der Waals surface area contributed by atoms with Gasteiger partial charge >= 0.3 is 0 Å². The number of methoxy groups -OCH3 is 1. The van der Waals surface area contributed by atoms with Crippen LogP contribution in [0.15, 0.2) is 42.5 Å². The lowest BCUT2D eigenvalue weighted by atomic mass is 10.1. The molecule has 37 heavy (non-hydrogen) atoms. The summed E-state index contributed by atoms with van der Waals surface area (Å²) in [6, 6.07) is 11.0. The van der Waals surface area contributed by atoms with E-state index in [1.165, 1.54) is 16.3 Å². The number of ether oxygens (including phenoxy) is 1. The van der Waals surface area contributed by atoms with Gasteiger partial charge in [-0.3, -0.25) is 13.9 Å². The van der Waals surface area contributed by atoms with Crippen LogP contribution in [0.4, 0.5) is 5.69 Å². The maximum Gasteiger partial charge on any atom is 0.242 e. The Morgan fingerprint density at radius 2 is 1.76 bits per heavy atom. The minimum absolute atomic E-state index is 0.0408. The van der Waals surface area contributed by atoms with Crippen molar-refractivity contribution in [1.29, 1.82) is 0 Å². The van der Waals surface area contributed by atoms with E-state index in [0.29, 0.717) is 28.0 Å². The molecule has 0 saturated carbocycles. The predicted octanol–water partition coefficient (Wildman–Crippen LogP) is 4.74. The van der Waals surface area contributed by atoms with Gasteiger partial charge in [-0.2, -0.15) is 0 Å². The van der Waals surface area contributed by atoms with Gasteiger partial charge in [0.05, 0.1) is 29.1 Å². The van der Waals surface area contributed by atoms with Crippen molar-refractivity contribution in [2.45, 2.75) is 46.2 Å². The van der Waals surface area contributed by atoms with Crippen LogP contribution in [-0.2, 0) is 26.2 Å². The molecule has 11 heteroatoms. The molecule has 0 aliphatic rings. The number of nitrogens with zero attached hydrogens (tertiary/aromatic N) is 2. The Balaban J connectivity index is 2.20. The zero-order valence-corrected chi connectivity index (χ0v) is 24.2. The first kappa shape index (κ1) is 30.7. The number of carbonyl (C=O) groups is 2. The Bertz CT molecular complexity index is 1190. The average Bonchev–Trinajstić information content (AvgIpc) is 2.84. The van der Waals surface area contributed by atoms with Crippen molar-refractivity contribution in [1.82, 2.24) is 10.2 Å². The molecule has 0 bridgehead atoms. The third kappa shape index (κ3) is 9.39. The van der Waals surface area contributed by atoms with Gasteiger partial charge in [0.1, 0.15) is 11.8 Å². The van der Waals surface area contributed by atoms with Gasteiger partial charge in [-0.15, -0.1) is 0 Å². The Hall–Kier alpha value is -2.49. The van der Waals surface area contributed by atoms with Crippen LogP contribution in [0.1, 0.15) is 39.2 Å². The van der Waals surface area contributed by atoms with Gasteiger partial charge in [-0.25, -0.2) is 8.42 Å². The van der Waals surface area contributed by atoms with E-state index in [4.69, 9.17) is 27.9 Å². The third-order valence-corrected chi connectivity index (χ3v) is 7.62. The Morgan fingerprint density at radius 3 is 2.35 bits per heavy atom. The molecule has 204 valence electrons. The molecular formula is C26H35Cl2N3O5S. The molecule has 1 N–H and O–H groups in total. The SMILES string of the molecule is COc1cccc(N(CCCC(=O)N(Cc2ccc(Cl)c(Cl)c2)[C@H](C)C(=O)NCC(C)C)S(C)(=O)=O)c1. The molecule has 8 nitrogen and oxygen atoms in total. The normalized spacial score (nSPS) is 12.2. The molecule has 1 atom stereocenters. The smallest absolute Gasteiger partial charge is 0.242 e. The molecule has 0 spiro atoms. The van der Waals surface area contributed by atoms with E-state index in [1.54, 1.807) is 49.4 Å². The van der Waals surface area contributed by atoms with Gasteiger partial charge < -0.3 is 15.0 Å². The van der Waals surface area contributed by atoms with E-state index in [1.807, 2.05) is 13.8 Å². The van der Waals surface area contributed by atoms with Crippen LogP contribution in [0.3, 0.4) is 0 Å². The van der Waals surface area contributed by atoms with Crippen LogP contribution in [0.5, 0.6) is 5.75 Å². The number of benzene rings is 2. The van der Waals surface area contributed by atoms with Crippen molar-refractivity contribution in [3.63, 3.8) is 0 Å². The zero-order chi connectivity index (χ0) is 27.8. The molecule has 0 fully saturated rings. The lowest BCUT2D eigenvalue weighted by Crippen LogP contribution is -2.48. The highest BCUT2D eigenvalue weighted by Crippen LogP contribution is 2.25. The predicted molar refractivity (Wildman–Crippen MR) is 149 cm³/mol. The first-order valence-electron chi connectivity index (χ1n) is 12.0. The molecule has 0 aliphatic heterocycles. The number of nitrogens with one attached hydrogen (secondary N) is 1. The molecule has 2 amide bonds. The number of sulfonamides is 1. The summed E-state index contributed by atoms with van der Waals surface area (Å²) in [6.07, 6.45) is 1.41. The zero-order valence-electron chi connectivity index (χ0n) is 21.8. The molecule has 0 radical (unpaired) electrons. The highest BCUT2D eigenvalue weighted by atomic mass is 35.5. The number of carbonyl (C=O) groups excluding carboxylic acids is 2. The van der Waals surface area contributed by atoms with Gasteiger partial charge in [0.25, 0.3) is 0 Å². The van der Waals surface area contributed by atoms with Crippen molar-refractivity contribution in [3.05, 3.63) is 58.1 Å². The Kier molecular flexibility index (Phi) is 11.5. The summed E-state index contributed by atoms with van der Waals surface area (Å²) >= 11 is 12.2. The fourth-order valence-electron chi connectivity index (χ4n) is 3.64. The van der Waals surface area contributed by atoms with Crippen molar-refractivity contribution < 1.29 is 22.7 Å². The summed E-state index contributed by atoms with van der Waals surface area (Å²) in [5.41, 5.74) is 1.17. The lowest BCUT2D eigenvalue weighted by molar-refractivity contribution is -0.140. The van der Waals surface area contributed by atoms with E-state index in [2.05, 4.69) is 5.32 Å². The van der Waals surface area contributed by atoms with E-state index in [9.17, 15) is 18.0 Å². The number of amides is 2. The second-order valence-electron chi connectivity index (χ2n) is 9.23. The monoisotopic (exact) mass is 571 g/mol. The fourth-order valence-corrected chi connectivity index (χ4v) is 4.92. The summed E-state index contributed by atoms with van der Waals surface area (Å²) < 4.78 is 31.4. The number of rotatable bonds is 13. The van der Waals surface area contributed by atoms with Gasteiger partial charge in [0, 0.05) is 32.1 Å². The molecule has 2 aromatic carbocycles. The summed E-state index contributed by atoms with van der Waals surface area (Å²) in [7, 11) is -2.10. The first-order chi connectivity index (χ1) is 17.3. The number of anilines is 1. The van der Waals surface area contributed by atoms with Crippen LogP contribution >= 0.6 is 23.2 Å². The van der Waals surface area contributed by atoms with Crippen LogP contribution in [0.25, 0.3) is 0 Å². The van der Waals surface area contributed by atoms with Crippen molar-refractivity contribution in [2.75, 3.05) is 30.8 Å². The van der Waals surface area contributed by atoms with Crippen LogP contribution < -0.4 is 14.4 Å². The van der Waals surface area contributed by atoms with Crippen LogP contribution in [-0.4, -0.2) is 57.6 Å². The van der Waals surface area contributed by atoms with Crippen molar-refractivity contribution in [3.8, 4) is 5.75 Å². The Morgan fingerprint density at radius 1 is 1.05 bits per heavy atom. The topological polar surface area (TPSA) is 96.0 Å². The molecule has 0 saturated heterocycles. The quantitative estimate of drug-likeness (QED) is 0.374. The van der Waals surface area contributed by atoms with E-state index in [0.717, 1.165) is 11.8 Å². The molecule has 0 heterocycles.